The minimum Gasteiger partial charge on any atom is -0.355 e. The van der Waals surface area contributed by atoms with E-state index >= 15 is 0 Å². The van der Waals surface area contributed by atoms with E-state index in [9.17, 15) is 10.0 Å². The highest BCUT2D eigenvalue weighted by Crippen LogP contribution is 2.50. The number of benzene rings is 1. The molecule has 0 unspecified atom stereocenters. The number of hydroxylamine groups is 1. The van der Waals surface area contributed by atoms with E-state index in [0.29, 0.717) is 38.2 Å². The molecule has 1 aromatic heterocycles. The predicted molar refractivity (Wildman–Crippen MR) is 118 cm³/mol. The van der Waals surface area contributed by atoms with Gasteiger partial charge in [0.2, 0.25) is 0 Å². The quantitative estimate of drug-likeness (QED) is 0.492. The van der Waals surface area contributed by atoms with E-state index in [1.807, 2.05) is 6.92 Å². The number of nitrogens with one attached hydrogen (secondary N) is 1. The molecule has 1 amide bonds. The number of piperidine rings is 1. The molecule has 8 heteroatoms. The number of nitrogens with zero attached hydrogens (tertiary/aromatic N) is 3. The molecule has 30 heavy (non-hydrogen) atoms. The van der Waals surface area contributed by atoms with Crippen molar-refractivity contribution in [3.05, 3.63) is 39.6 Å². The van der Waals surface area contributed by atoms with Crippen LogP contribution in [0.3, 0.4) is 0 Å². The summed E-state index contributed by atoms with van der Waals surface area (Å²) in [6.07, 6.45) is 6.04. The van der Waals surface area contributed by atoms with Crippen molar-refractivity contribution in [2.45, 2.75) is 46.0 Å². The first kappa shape index (κ1) is 21.3. The lowest BCUT2D eigenvalue weighted by molar-refractivity contribution is 0.0700. The van der Waals surface area contributed by atoms with Crippen molar-refractivity contribution in [2.24, 2.45) is 11.3 Å². The Morgan fingerprint density at radius 2 is 1.97 bits per heavy atom. The van der Waals surface area contributed by atoms with Gasteiger partial charge in [-0.05, 0) is 43.6 Å². The maximum Gasteiger partial charge on any atom is 0.297 e. The number of amides is 1. The zero-order valence-electron chi connectivity index (χ0n) is 17.2. The summed E-state index contributed by atoms with van der Waals surface area (Å²) in [7, 11) is 0. The Kier molecular flexibility index (Phi) is 5.93. The number of aryl methyl sites for hydroxylation is 1. The second kappa shape index (κ2) is 8.33. The summed E-state index contributed by atoms with van der Waals surface area (Å²) in [5, 5.41) is 10.1. The Morgan fingerprint density at radius 3 is 2.60 bits per heavy atom. The molecule has 1 spiro atoms. The molecule has 1 saturated carbocycles. The van der Waals surface area contributed by atoms with Gasteiger partial charge in [-0.2, -0.15) is 0 Å². The summed E-state index contributed by atoms with van der Waals surface area (Å²) < 4.78 is 0. The Labute approximate surface area is 186 Å². The molecule has 0 radical (unpaired) electrons. The van der Waals surface area contributed by atoms with E-state index < -0.39 is 5.91 Å². The van der Waals surface area contributed by atoms with Crippen LogP contribution in [0, 0.1) is 18.3 Å². The monoisotopic (exact) mass is 448 g/mol. The van der Waals surface area contributed by atoms with Gasteiger partial charge in [0.05, 0.1) is 21.4 Å². The van der Waals surface area contributed by atoms with Crippen molar-refractivity contribution in [2.75, 3.05) is 18.0 Å². The van der Waals surface area contributed by atoms with Crippen molar-refractivity contribution >= 4 is 34.9 Å². The molecule has 2 heterocycles. The number of rotatable bonds is 3. The molecule has 1 aromatic carbocycles. The van der Waals surface area contributed by atoms with Crippen LogP contribution in [0.2, 0.25) is 10.0 Å². The fraction of sp³-hybridized carbons (Fsp3) is 0.500. The van der Waals surface area contributed by atoms with Gasteiger partial charge in [0.1, 0.15) is 0 Å². The Hall–Kier alpha value is -1.89. The van der Waals surface area contributed by atoms with Gasteiger partial charge in [-0.1, -0.05) is 55.1 Å². The third kappa shape index (κ3) is 3.66. The molecule has 2 aromatic rings. The van der Waals surface area contributed by atoms with Gasteiger partial charge in [0, 0.05) is 18.7 Å². The molecule has 4 rings (SSSR count). The van der Waals surface area contributed by atoms with Crippen LogP contribution in [-0.2, 0) is 0 Å². The number of aromatic nitrogens is 2. The van der Waals surface area contributed by atoms with Crippen molar-refractivity contribution in [1.29, 1.82) is 0 Å². The van der Waals surface area contributed by atoms with Gasteiger partial charge >= 0.3 is 0 Å². The number of halogens is 2. The summed E-state index contributed by atoms with van der Waals surface area (Å²) in [5.74, 6) is 0.549. The van der Waals surface area contributed by atoms with E-state index in [2.05, 4.69) is 16.8 Å². The zero-order chi connectivity index (χ0) is 21.5. The van der Waals surface area contributed by atoms with Crippen molar-refractivity contribution in [3.63, 3.8) is 0 Å². The second-order valence-corrected chi connectivity index (χ2v) is 9.30. The summed E-state index contributed by atoms with van der Waals surface area (Å²) in [6, 6.07) is 5.26. The SMILES string of the molecule is Cc1nc(N2CCC3(CCC[C@H]3C)CC2)c(C(=O)NO)nc1-c1cccc(Cl)c1Cl. The first-order valence-electron chi connectivity index (χ1n) is 10.4. The molecule has 2 fully saturated rings. The highest BCUT2D eigenvalue weighted by molar-refractivity contribution is 6.43. The maximum atomic E-state index is 12.5. The third-order valence-corrected chi connectivity index (χ3v) is 7.81. The largest absolute Gasteiger partial charge is 0.355 e. The van der Waals surface area contributed by atoms with E-state index in [1.165, 1.54) is 19.3 Å². The van der Waals surface area contributed by atoms with Crippen LogP contribution in [-0.4, -0.2) is 34.2 Å². The van der Waals surface area contributed by atoms with Crippen LogP contribution in [0.5, 0.6) is 0 Å². The molecule has 2 aliphatic rings. The van der Waals surface area contributed by atoms with Gasteiger partial charge in [-0.15, -0.1) is 0 Å². The van der Waals surface area contributed by atoms with Gasteiger partial charge in [-0.3, -0.25) is 10.0 Å². The van der Waals surface area contributed by atoms with Gasteiger partial charge in [0.25, 0.3) is 5.91 Å². The van der Waals surface area contributed by atoms with E-state index in [0.717, 1.165) is 31.8 Å². The van der Waals surface area contributed by atoms with Crippen LogP contribution in [0.25, 0.3) is 11.3 Å². The smallest absolute Gasteiger partial charge is 0.297 e. The molecule has 1 saturated heterocycles. The molecule has 0 bridgehead atoms. The average molecular weight is 449 g/mol. The number of carbonyl (C=O) groups excluding carboxylic acids is 1. The minimum atomic E-state index is -0.688. The van der Waals surface area contributed by atoms with Gasteiger partial charge in [-0.25, -0.2) is 15.4 Å². The summed E-state index contributed by atoms with van der Waals surface area (Å²) in [6.45, 7) is 5.85. The van der Waals surface area contributed by atoms with Crippen molar-refractivity contribution < 1.29 is 10.0 Å². The first-order chi connectivity index (χ1) is 14.4. The fourth-order valence-electron chi connectivity index (χ4n) is 5.09. The third-order valence-electron chi connectivity index (χ3n) is 6.99. The average Bonchev–Trinajstić information content (AvgIpc) is 3.10. The number of anilines is 1. The lowest BCUT2D eigenvalue weighted by Gasteiger charge is -2.43. The number of hydrogen-bond donors (Lipinski definition) is 2. The molecular formula is C22H26Cl2N4O2. The highest BCUT2D eigenvalue weighted by Gasteiger charge is 2.43. The maximum absolute atomic E-state index is 12.5. The topological polar surface area (TPSA) is 78.4 Å². The lowest BCUT2D eigenvalue weighted by atomic mass is 9.71. The first-order valence-corrected chi connectivity index (χ1v) is 11.1. The fourth-order valence-corrected chi connectivity index (χ4v) is 5.48. The van der Waals surface area contributed by atoms with Crippen LogP contribution >= 0.6 is 23.2 Å². The molecule has 1 aliphatic heterocycles. The minimum absolute atomic E-state index is 0.0876. The second-order valence-electron chi connectivity index (χ2n) is 8.51. The lowest BCUT2D eigenvalue weighted by Crippen LogP contribution is -2.43. The number of carbonyl (C=O) groups is 1. The van der Waals surface area contributed by atoms with Crippen molar-refractivity contribution in [1.82, 2.24) is 15.4 Å². The highest BCUT2D eigenvalue weighted by atomic mass is 35.5. The molecule has 160 valence electrons. The summed E-state index contributed by atoms with van der Waals surface area (Å²) in [5.41, 5.74) is 3.94. The van der Waals surface area contributed by atoms with E-state index in [1.54, 1.807) is 23.7 Å². The van der Waals surface area contributed by atoms with E-state index in [-0.39, 0.29) is 5.69 Å². The summed E-state index contributed by atoms with van der Waals surface area (Å²) in [4.78, 5) is 23.9. The predicted octanol–water partition coefficient (Wildman–Crippen LogP) is 5.28. The van der Waals surface area contributed by atoms with Crippen LogP contribution in [0.4, 0.5) is 5.82 Å². The molecule has 6 nitrogen and oxygen atoms in total. The Morgan fingerprint density at radius 1 is 1.23 bits per heavy atom. The molecular weight excluding hydrogens is 423 g/mol. The molecule has 1 aliphatic carbocycles. The van der Waals surface area contributed by atoms with Crippen molar-refractivity contribution in [3.8, 4) is 11.3 Å². The van der Waals surface area contributed by atoms with Crippen LogP contribution in [0.15, 0.2) is 18.2 Å². The Bertz CT molecular complexity index is 974. The van der Waals surface area contributed by atoms with Gasteiger partial charge < -0.3 is 4.90 Å². The van der Waals surface area contributed by atoms with Crippen LogP contribution in [0.1, 0.15) is 55.2 Å². The zero-order valence-corrected chi connectivity index (χ0v) is 18.7. The molecule has 2 N–H and O–H groups in total. The molecule has 1 atom stereocenters. The van der Waals surface area contributed by atoms with E-state index in [4.69, 9.17) is 28.2 Å². The number of hydrogen-bond acceptors (Lipinski definition) is 5. The summed E-state index contributed by atoms with van der Waals surface area (Å²) >= 11 is 12.5. The van der Waals surface area contributed by atoms with Gasteiger partial charge in [0.15, 0.2) is 11.5 Å². The van der Waals surface area contributed by atoms with Crippen LogP contribution < -0.4 is 10.4 Å². The standard InChI is InChI=1S/C22H26Cl2N4O2/c1-13-5-4-8-22(13)9-11-28(12-10-22)20-19(21(29)27-30)26-18(14(2)25-20)15-6-3-7-16(23)17(15)24/h3,6-7,13,30H,4-5,8-12H2,1-2H3,(H,27,29)/t13-/m1/s1. The Balaban J connectivity index is 1.71. The normalized spacial score (nSPS) is 20.6.